The van der Waals surface area contributed by atoms with Gasteiger partial charge in [-0.1, -0.05) is 0 Å². The van der Waals surface area contributed by atoms with Crippen molar-refractivity contribution in [1.82, 2.24) is 5.32 Å². The van der Waals surface area contributed by atoms with Crippen LogP contribution in [0.5, 0.6) is 0 Å². The van der Waals surface area contributed by atoms with E-state index < -0.39 is 11.5 Å². The second kappa shape index (κ2) is 7.19. The van der Waals surface area contributed by atoms with Gasteiger partial charge in [0.1, 0.15) is 0 Å². The first-order chi connectivity index (χ1) is 7.47. The molecule has 16 heavy (non-hydrogen) atoms. The van der Waals surface area contributed by atoms with Crippen LogP contribution in [0.25, 0.3) is 0 Å². The van der Waals surface area contributed by atoms with Gasteiger partial charge in [0.25, 0.3) is 0 Å². The van der Waals surface area contributed by atoms with Crippen LogP contribution in [0, 0.1) is 0 Å². The SMILES string of the molecule is COCC(C)(CC(=O)OC)NC(=O)CCN. The zero-order valence-corrected chi connectivity index (χ0v) is 10.0. The Bertz CT molecular complexity index is 245. The molecule has 0 bridgehead atoms. The number of hydrogen-bond acceptors (Lipinski definition) is 5. The summed E-state index contributed by atoms with van der Waals surface area (Å²) >= 11 is 0. The summed E-state index contributed by atoms with van der Waals surface area (Å²) in [6.45, 7) is 2.23. The van der Waals surface area contributed by atoms with Crippen LogP contribution in [-0.2, 0) is 19.1 Å². The fourth-order valence-corrected chi connectivity index (χ4v) is 1.37. The quantitative estimate of drug-likeness (QED) is 0.573. The van der Waals surface area contributed by atoms with E-state index in [9.17, 15) is 9.59 Å². The molecule has 1 unspecified atom stereocenters. The van der Waals surface area contributed by atoms with Crippen LogP contribution in [0.1, 0.15) is 19.8 Å². The summed E-state index contributed by atoms with van der Waals surface area (Å²) < 4.78 is 9.54. The molecule has 0 rings (SSSR count). The van der Waals surface area contributed by atoms with Gasteiger partial charge in [-0.25, -0.2) is 0 Å². The first-order valence-corrected chi connectivity index (χ1v) is 5.04. The van der Waals surface area contributed by atoms with Crippen LogP contribution in [0.3, 0.4) is 0 Å². The molecule has 1 atom stereocenters. The number of nitrogens with one attached hydrogen (secondary N) is 1. The third-order valence-corrected chi connectivity index (χ3v) is 2.04. The van der Waals surface area contributed by atoms with Gasteiger partial charge >= 0.3 is 5.97 Å². The van der Waals surface area contributed by atoms with Gasteiger partial charge in [-0.05, 0) is 6.92 Å². The van der Waals surface area contributed by atoms with Crippen molar-refractivity contribution in [3.8, 4) is 0 Å². The van der Waals surface area contributed by atoms with E-state index in [0.717, 1.165) is 0 Å². The fraction of sp³-hybridized carbons (Fsp3) is 0.800. The van der Waals surface area contributed by atoms with Gasteiger partial charge < -0.3 is 20.5 Å². The van der Waals surface area contributed by atoms with E-state index in [0.29, 0.717) is 0 Å². The van der Waals surface area contributed by atoms with Crippen molar-refractivity contribution >= 4 is 11.9 Å². The highest BCUT2D eigenvalue weighted by Gasteiger charge is 2.29. The van der Waals surface area contributed by atoms with E-state index in [2.05, 4.69) is 10.1 Å². The van der Waals surface area contributed by atoms with Gasteiger partial charge in [-0.2, -0.15) is 0 Å². The molecular formula is C10H20N2O4. The first-order valence-electron chi connectivity index (χ1n) is 5.04. The molecule has 0 saturated heterocycles. The van der Waals surface area contributed by atoms with E-state index in [1.54, 1.807) is 6.92 Å². The van der Waals surface area contributed by atoms with Crippen LogP contribution in [0.15, 0.2) is 0 Å². The Balaban J connectivity index is 4.42. The maximum atomic E-state index is 11.4. The van der Waals surface area contributed by atoms with Crippen molar-refractivity contribution in [2.75, 3.05) is 27.4 Å². The molecule has 6 nitrogen and oxygen atoms in total. The lowest BCUT2D eigenvalue weighted by molar-refractivity contribution is -0.143. The molecule has 1 amide bonds. The number of hydrogen-bond donors (Lipinski definition) is 2. The Morgan fingerprint density at radius 2 is 2.00 bits per heavy atom. The lowest BCUT2D eigenvalue weighted by atomic mass is 9.98. The molecular weight excluding hydrogens is 212 g/mol. The zero-order valence-electron chi connectivity index (χ0n) is 10.0. The molecule has 0 aliphatic heterocycles. The molecule has 94 valence electrons. The number of carbonyl (C=O) groups excluding carboxylic acids is 2. The molecule has 0 aliphatic rings. The number of rotatable bonds is 7. The van der Waals surface area contributed by atoms with E-state index in [1.165, 1.54) is 14.2 Å². The minimum Gasteiger partial charge on any atom is -0.469 e. The van der Waals surface area contributed by atoms with Crippen molar-refractivity contribution in [3.63, 3.8) is 0 Å². The first kappa shape index (κ1) is 14.9. The summed E-state index contributed by atoms with van der Waals surface area (Å²) in [5.74, 6) is -0.599. The molecule has 0 saturated carbocycles. The highest BCUT2D eigenvalue weighted by molar-refractivity contribution is 5.78. The topological polar surface area (TPSA) is 90.6 Å². The van der Waals surface area contributed by atoms with E-state index >= 15 is 0 Å². The molecule has 0 heterocycles. The average molecular weight is 232 g/mol. The van der Waals surface area contributed by atoms with Crippen LogP contribution in [-0.4, -0.2) is 44.8 Å². The summed E-state index contributed by atoms with van der Waals surface area (Å²) in [4.78, 5) is 22.6. The number of carbonyl (C=O) groups is 2. The molecule has 0 aliphatic carbocycles. The fourth-order valence-electron chi connectivity index (χ4n) is 1.37. The summed E-state index contributed by atoms with van der Waals surface area (Å²) in [7, 11) is 2.81. The second-order valence-corrected chi connectivity index (χ2v) is 3.83. The Hall–Kier alpha value is -1.14. The van der Waals surface area contributed by atoms with Crippen LogP contribution in [0.2, 0.25) is 0 Å². The predicted octanol–water partition coefficient (Wildman–Crippen LogP) is -0.580. The molecule has 0 aromatic carbocycles. The lowest BCUT2D eigenvalue weighted by Gasteiger charge is -2.28. The van der Waals surface area contributed by atoms with Gasteiger partial charge in [-0.15, -0.1) is 0 Å². The number of methoxy groups -OCH3 is 2. The van der Waals surface area contributed by atoms with E-state index in [1.807, 2.05) is 0 Å². The van der Waals surface area contributed by atoms with Crippen molar-refractivity contribution < 1.29 is 19.1 Å². The maximum Gasteiger partial charge on any atom is 0.307 e. The minimum absolute atomic E-state index is 0.0631. The number of esters is 1. The van der Waals surface area contributed by atoms with Crippen LogP contribution < -0.4 is 11.1 Å². The van der Waals surface area contributed by atoms with Crippen molar-refractivity contribution in [2.45, 2.75) is 25.3 Å². The van der Waals surface area contributed by atoms with Gasteiger partial charge in [0.2, 0.25) is 5.91 Å². The maximum absolute atomic E-state index is 11.4. The van der Waals surface area contributed by atoms with Crippen LogP contribution in [0.4, 0.5) is 0 Å². The van der Waals surface area contributed by atoms with Gasteiger partial charge in [-0.3, -0.25) is 9.59 Å². The molecule has 3 N–H and O–H groups in total. The molecule has 0 spiro atoms. The Morgan fingerprint density at radius 3 is 2.44 bits per heavy atom. The Labute approximate surface area is 95.5 Å². The summed E-state index contributed by atoms with van der Waals surface area (Å²) in [5, 5.41) is 2.72. The van der Waals surface area contributed by atoms with Gasteiger partial charge in [0.05, 0.1) is 25.7 Å². The van der Waals surface area contributed by atoms with E-state index in [4.69, 9.17) is 10.5 Å². The smallest absolute Gasteiger partial charge is 0.307 e. The molecule has 0 aromatic rings. The molecule has 6 heteroatoms. The molecule has 0 fully saturated rings. The zero-order chi connectivity index (χ0) is 12.6. The normalized spacial score (nSPS) is 14.0. The monoisotopic (exact) mass is 232 g/mol. The number of ether oxygens (including phenoxy) is 2. The third-order valence-electron chi connectivity index (χ3n) is 2.04. The standard InChI is InChI=1S/C10H20N2O4/c1-10(7-15-2,6-9(14)16-3)12-8(13)4-5-11/h4-7,11H2,1-3H3,(H,12,13). The number of amides is 1. The summed E-state index contributed by atoms with van der Waals surface area (Å²) in [6, 6.07) is 0. The minimum atomic E-state index is -0.756. The third kappa shape index (κ3) is 5.67. The lowest BCUT2D eigenvalue weighted by Crippen LogP contribution is -2.51. The molecule has 0 aromatic heterocycles. The van der Waals surface area contributed by atoms with E-state index in [-0.39, 0.29) is 31.9 Å². The van der Waals surface area contributed by atoms with Gasteiger partial charge in [0, 0.05) is 20.1 Å². The van der Waals surface area contributed by atoms with Crippen molar-refractivity contribution in [2.24, 2.45) is 5.73 Å². The Morgan fingerprint density at radius 1 is 1.38 bits per heavy atom. The average Bonchev–Trinajstić information content (AvgIpc) is 2.17. The second-order valence-electron chi connectivity index (χ2n) is 3.83. The van der Waals surface area contributed by atoms with Crippen molar-refractivity contribution in [1.29, 1.82) is 0 Å². The van der Waals surface area contributed by atoms with Gasteiger partial charge in [0.15, 0.2) is 0 Å². The summed E-state index contributed by atoms with van der Waals surface area (Å²) in [5.41, 5.74) is 4.51. The molecule has 0 radical (unpaired) electrons. The van der Waals surface area contributed by atoms with Crippen molar-refractivity contribution in [3.05, 3.63) is 0 Å². The Kier molecular flexibility index (Phi) is 6.67. The highest BCUT2D eigenvalue weighted by Crippen LogP contribution is 2.11. The largest absolute Gasteiger partial charge is 0.469 e. The highest BCUT2D eigenvalue weighted by atomic mass is 16.5. The predicted molar refractivity (Wildman–Crippen MR) is 58.7 cm³/mol. The number of nitrogens with two attached hydrogens (primary N) is 1. The van der Waals surface area contributed by atoms with Crippen LogP contribution >= 0.6 is 0 Å². The summed E-state index contributed by atoms with van der Waals surface area (Å²) in [6.07, 6.45) is 0.286.